The van der Waals surface area contributed by atoms with E-state index in [1.165, 1.54) is 11.0 Å². The summed E-state index contributed by atoms with van der Waals surface area (Å²) in [5.41, 5.74) is 0.976. The van der Waals surface area contributed by atoms with Crippen LogP contribution in [0.25, 0.3) is 5.95 Å². The minimum atomic E-state index is -0.225. The molecule has 1 fully saturated rings. The van der Waals surface area contributed by atoms with Gasteiger partial charge in [-0.05, 0) is 37.1 Å². The van der Waals surface area contributed by atoms with Crippen molar-refractivity contribution in [3.8, 4) is 5.95 Å². The van der Waals surface area contributed by atoms with Gasteiger partial charge < -0.3 is 5.32 Å². The average Bonchev–Trinajstić information content (AvgIpc) is 3.44. The summed E-state index contributed by atoms with van der Waals surface area (Å²) < 4.78 is 1.53. The number of nitrogens with one attached hydrogen (secondary N) is 1. The zero-order chi connectivity index (χ0) is 20.4. The Balaban J connectivity index is 1.50. The monoisotopic (exact) mass is 410 g/mol. The molecule has 9 heteroatoms. The average molecular weight is 411 g/mol. The molecule has 3 aromatic rings. The Kier molecular flexibility index (Phi) is 5.35. The zero-order valence-corrected chi connectivity index (χ0v) is 16.5. The maximum atomic E-state index is 12.9. The van der Waals surface area contributed by atoms with Crippen LogP contribution in [0.15, 0.2) is 43.0 Å². The Morgan fingerprint density at radius 2 is 1.97 bits per heavy atom. The Morgan fingerprint density at radius 1 is 1.21 bits per heavy atom. The highest BCUT2D eigenvalue weighted by Crippen LogP contribution is 2.31. The Labute approximate surface area is 172 Å². The number of anilines is 1. The van der Waals surface area contributed by atoms with Crippen molar-refractivity contribution < 1.29 is 9.59 Å². The number of aromatic nitrogens is 5. The fraction of sp³-hybridized carbons (Fsp3) is 0.300. The highest BCUT2D eigenvalue weighted by Gasteiger charge is 2.29. The standard InChI is InChI=1S/C20H19ClN6O2/c1-12(18-24-11-25-27(18)20-22-5-2-6-23-20)7-17(28)14-8-15(21)10-16(9-14)26-19(29)13-3-4-13/h2,5-6,8-13H,3-4,7H2,1H3,(H,26,29)/t12-/m0/s1. The van der Waals surface area contributed by atoms with Crippen molar-refractivity contribution in [1.29, 1.82) is 0 Å². The van der Waals surface area contributed by atoms with Gasteiger partial charge in [0.2, 0.25) is 5.91 Å². The minimum absolute atomic E-state index is 0.0324. The number of hydrogen-bond acceptors (Lipinski definition) is 6. The lowest BCUT2D eigenvalue weighted by molar-refractivity contribution is -0.117. The van der Waals surface area contributed by atoms with Gasteiger partial charge in [-0.1, -0.05) is 18.5 Å². The first-order valence-electron chi connectivity index (χ1n) is 9.33. The van der Waals surface area contributed by atoms with Gasteiger partial charge in [0.15, 0.2) is 5.78 Å². The third kappa shape index (κ3) is 4.48. The highest BCUT2D eigenvalue weighted by atomic mass is 35.5. The summed E-state index contributed by atoms with van der Waals surface area (Å²) in [5.74, 6) is 0.693. The van der Waals surface area contributed by atoms with Crippen LogP contribution >= 0.6 is 11.6 Å². The van der Waals surface area contributed by atoms with Gasteiger partial charge in [0.05, 0.1) is 0 Å². The van der Waals surface area contributed by atoms with Gasteiger partial charge in [-0.25, -0.2) is 15.0 Å². The molecule has 1 N–H and O–H groups in total. The normalized spacial score (nSPS) is 14.4. The van der Waals surface area contributed by atoms with E-state index in [1.54, 1.807) is 36.7 Å². The first kappa shape index (κ1) is 19.2. The molecule has 1 aromatic carbocycles. The van der Waals surface area contributed by atoms with Crippen molar-refractivity contribution in [3.63, 3.8) is 0 Å². The number of benzene rings is 1. The fourth-order valence-electron chi connectivity index (χ4n) is 3.04. The molecule has 1 atom stereocenters. The summed E-state index contributed by atoms with van der Waals surface area (Å²) in [4.78, 5) is 37.5. The number of rotatable bonds is 7. The van der Waals surface area contributed by atoms with Crippen molar-refractivity contribution in [2.75, 3.05) is 5.32 Å². The maximum absolute atomic E-state index is 12.9. The molecular formula is C20H19ClN6O2. The Morgan fingerprint density at radius 3 is 2.69 bits per heavy atom. The van der Waals surface area contributed by atoms with Crippen LogP contribution in [0.1, 0.15) is 48.3 Å². The molecule has 0 aliphatic heterocycles. The van der Waals surface area contributed by atoms with Gasteiger partial charge in [0, 0.05) is 46.9 Å². The summed E-state index contributed by atoms with van der Waals surface area (Å²) in [5, 5.41) is 7.40. The van der Waals surface area contributed by atoms with E-state index in [0.29, 0.717) is 28.0 Å². The predicted octanol–water partition coefficient (Wildman–Crippen LogP) is 3.44. The quantitative estimate of drug-likeness (QED) is 0.598. The molecule has 4 rings (SSSR count). The van der Waals surface area contributed by atoms with Crippen LogP contribution in [0.2, 0.25) is 5.02 Å². The van der Waals surface area contributed by atoms with Crippen LogP contribution in [-0.4, -0.2) is 36.4 Å². The van der Waals surface area contributed by atoms with Crippen LogP contribution in [0, 0.1) is 5.92 Å². The van der Waals surface area contributed by atoms with Crippen LogP contribution in [0.5, 0.6) is 0 Å². The molecule has 148 valence electrons. The second kappa shape index (κ2) is 8.08. The molecule has 1 saturated carbocycles. The number of carbonyl (C=O) groups is 2. The van der Waals surface area contributed by atoms with Gasteiger partial charge in [-0.15, -0.1) is 0 Å². The maximum Gasteiger partial charge on any atom is 0.252 e. The second-order valence-corrected chi connectivity index (χ2v) is 7.54. The van der Waals surface area contributed by atoms with Gasteiger partial charge in [-0.3, -0.25) is 9.59 Å². The number of halogens is 1. The smallest absolute Gasteiger partial charge is 0.252 e. The molecule has 1 aliphatic carbocycles. The van der Waals surface area contributed by atoms with Gasteiger partial charge in [0.1, 0.15) is 12.2 Å². The third-order valence-electron chi connectivity index (χ3n) is 4.68. The van der Waals surface area contributed by atoms with Gasteiger partial charge >= 0.3 is 0 Å². The molecule has 0 unspecified atom stereocenters. The first-order valence-corrected chi connectivity index (χ1v) is 9.71. The van der Waals surface area contributed by atoms with Crippen molar-refractivity contribution in [3.05, 3.63) is 59.4 Å². The van der Waals surface area contributed by atoms with E-state index in [4.69, 9.17) is 11.6 Å². The third-order valence-corrected chi connectivity index (χ3v) is 4.90. The van der Waals surface area contributed by atoms with E-state index in [9.17, 15) is 9.59 Å². The van der Waals surface area contributed by atoms with Crippen molar-refractivity contribution in [2.45, 2.75) is 32.1 Å². The van der Waals surface area contributed by atoms with E-state index in [1.807, 2.05) is 6.92 Å². The van der Waals surface area contributed by atoms with E-state index in [-0.39, 0.29) is 29.9 Å². The van der Waals surface area contributed by atoms with Crippen molar-refractivity contribution in [2.24, 2.45) is 5.92 Å². The number of carbonyl (C=O) groups excluding carboxylic acids is 2. The molecule has 0 bridgehead atoms. The van der Waals surface area contributed by atoms with Gasteiger partial charge in [-0.2, -0.15) is 9.78 Å². The number of ketones is 1. The summed E-state index contributed by atoms with van der Waals surface area (Å²) in [6, 6.07) is 6.62. The van der Waals surface area contributed by atoms with E-state index >= 15 is 0 Å². The van der Waals surface area contributed by atoms with E-state index in [2.05, 4.69) is 25.4 Å². The second-order valence-electron chi connectivity index (χ2n) is 7.10. The molecule has 8 nitrogen and oxygen atoms in total. The Hall–Kier alpha value is -3.13. The topological polar surface area (TPSA) is 103 Å². The molecule has 1 aliphatic rings. The molecule has 2 aromatic heterocycles. The van der Waals surface area contributed by atoms with Gasteiger partial charge in [0.25, 0.3) is 5.95 Å². The van der Waals surface area contributed by atoms with E-state index in [0.717, 1.165) is 12.8 Å². The molecule has 1 amide bonds. The lowest BCUT2D eigenvalue weighted by atomic mass is 9.98. The molecular weight excluding hydrogens is 392 g/mol. The summed E-state index contributed by atoms with van der Waals surface area (Å²) >= 11 is 6.17. The van der Waals surface area contributed by atoms with Crippen LogP contribution < -0.4 is 5.32 Å². The Bertz CT molecular complexity index is 1050. The molecule has 0 spiro atoms. The molecule has 0 radical (unpaired) electrons. The minimum Gasteiger partial charge on any atom is -0.326 e. The fourth-order valence-corrected chi connectivity index (χ4v) is 3.28. The largest absolute Gasteiger partial charge is 0.326 e. The number of Topliss-reactive ketones (excluding diaryl/α,β-unsaturated/α-hetero) is 1. The van der Waals surface area contributed by atoms with Crippen molar-refractivity contribution >= 4 is 29.0 Å². The molecule has 2 heterocycles. The van der Waals surface area contributed by atoms with E-state index < -0.39 is 0 Å². The number of hydrogen-bond donors (Lipinski definition) is 1. The SMILES string of the molecule is C[C@@H](CC(=O)c1cc(Cl)cc(NC(=O)C2CC2)c1)c1ncnn1-c1ncccn1. The van der Waals surface area contributed by atoms with Crippen LogP contribution in [0.4, 0.5) is 5.69 Å². The summed E-state index contributed by atoms with van der Waals surface area (Å²) in [6.07, 6.45) is 6.66. The lowest BCUT2D eigenvalue weighted by Gasteiger charge is -2.12. The van der Waals surface area contributed by atoms with Crippen LogP contribution in [0.3, 0.4) is 0 Å². The first-order chi connectivity index (χ1) is 14.0. The van der Waals surface area contributed by atoms with Crippen molar-refractivity contribution in [1.82, 2.24) is 24.7 Å². The summed E-state index contributed by atoms with van der Waals surface area (Å²) in [7, 11) is 0. The number of nitrogens with zero attached hydrogens (tertiary/aromatic N) is 5. The highest BCUT2D eigenvalue weighted by molar-refractivity contribution is 6.31. The number of amides is 1. The summed E-state index contributed by atoms with van der Waals surface area (Å²) in [6.45, 7) is 1.89. The van der Waals surface area contributed by atoms with Crippen LogP contribution in [-0.2, 0) is 4.79 Å². The zero-order valence-electron chi connectivity index (χ0n) is 15.7. The molecule has 0 saturated heterocycles. The molecule has 29 heavy (non-hydrogen) atoms. The lowest BCUT2D eigenvalue weighted by Crippen LogP contribution is -2.15. The predicted molar refractivity (Wildman–Crippen MR) is 107 cm³/mol.